The van der Waals surface area contributed by atoms with Gasteiger partial charge in [0.05, 0.1) is 6.54 Å². The molecule has 4 heteroatoms. The SMILES string of the molecule is CCNCC(=O)NCCSc1ccccc1. The molecule has 16 heavy (non-hydrogen) atoms. The Hall–Kier alpha value is -1.00. The van der Waals surface area contributed by atoms with E-state index < -0.39 is 0 Å². The molecule has 0 aliphatic carbocycles. The number of thioether (sulfide) groups is 1. The summed E-state index contributed by atoms with van der Waals surface area (Å²) in [6.45, 7) is 3.93. The predicted octanol–water partition coefficient (Wildman–Crippen LogP) is 1.50. The number of amides is 1. The van der Waals surface area contributed by atoms with Crippen LogP contribution < -0.4 is 10.6 Å². The van der Waals surface area contributed by atoms with Crippen LogP contribution in [0.15, 0.2) is 35.2 Å². The molecular formula is C12H18N2OS. The van der Waals surface area contributed by atoms with Gasteiger partial charge in [-0.05, 0) is 18.7 Å². The molecule has 1 aromatic carbocycles. The predicted molar refractivity (Wildman–Crippen MR) is 68.7 cm³/mol. The summed E-state index contributed by atoms with van der Waals surface area (Å²) in [5.41, 5.74) is 0. The summed E-state index contributed by atoms with van der Waals surface area (Å²) < 4.78 is 0. The molecule has 1 aromatic rings. The molecule has 0 radical (unpaired) electrons. The number of benzene rings is 1. The largest absolute Gasteiger partial charge is 0.354 e. The zero-order chi connectivity index (χ0) is 11.6. The Bertz CT molecular complexity index is 303. The first-order chi connectivity index (χ1) is 7.83. The van der Waals surface area contributed by atoms with Crippen molar-refractivity contribution in [3.63, 3.8) is 0 Å². The molecule has 1 rings (SSSR count). The number of rotatable bonds is 7. The maximum absolute atomic E-state index is 11.2. The van der Waals surface area contributed by atoms with Gasteiger partial charge >= 0.3 is 0 Å². The van der Waals surface area contributed by atoms with Gasteiger partial charge in [0.2, 0.25) is 5.91 Å². The lowest BCUT2D eigenvalue weighted by Gasteiger charge is -2.05. The normalized spacial score (nSPS) is 10.1. The maximum atomic E-state index is 11.2. The van der Waals surface area contributed by atoms with Crippen LogP contribution in [0, 0.1) is 0 Å². The fraction of sp³-hybridized carbons (Fsp3) is 0.417. The van der Waals surface area contributed by atoms with Crippen molar-refractivity contribution in [2.45, 2.75) is 11.8 Å². The summed E-state index contributed by atoms with van der Waals surface area (Å²) in [6.07, 6.45) is 0. The molecule has 88 valence electrons. The quantitative estimate of drug-likeness (QED) is 0.559. The summed E-state index contributed by atoms with van der Waals surface area (Å²) >= 11 is 1.75. The summed E-state index contributed by atoms with van der Waals surface area (Å²) in [7, 11) is 0. The second-order valence-corrected chi connectivity index (χ2v) is 4.46. The number of likely N-dealkylation sites (N-methyl/N-ethyl adjacent to an activating group) is 1. The Morgan fingerprint density at radius 1 is 1.31 bits per heavy atom. The van der Waals surface area contributed by atoms with Crippen LogP contribution in [-0.2, 0) is 4.79 Å². The lowest BCUT2D eigenvalue weighted by Crippen LogP contribution is -2.34. The molecule has 0 spiro atoms. The van der Waals surface area contributed by atoms with E-state index in [1.54, 1.807) is 11.8 Å². The summed E-state index contributed by atoms with van der Waals surface area (Å²) in [5, 5.41) is 5.85. The van der Waals surface area contributed by atoms with E-state index in [9.17, 15) is 4.79 Å². The van der Waals surface area contributed by atoms with Crippen molar-refractivity contribution in [3.05, 3.63) is 30.3 Å². The Kier molecular flexibility index (Phi) is 6.69. The van der Waals surface area contributed by atoms with Gasteiger partial charge in [0, 0.05) is 17.2 Å². The van der Waals surface area contributed by atoms with Crippen LogP contribution >= 0.6 is 11.8 Å². The second-order valence-electron chi connectivity index (χ2n) is 3.29. The minimum absolute atomic E-state index is 0.0653. The maximum Gasteiger partial charge on any atom is 0.233 e. The van der Waals surface area contributed by atoms with Gasteiger partial charge in [-0.15, -0.1) is 11.8 Å². The van der Waals surface area contributed by atoms with Gasteiger partial charge in [0.15, 0.2) is 0 Å². The van der Waals surface area contributed by atoms with E-state index in [1.807, 2.05) is 25.1 Å². The molecule has 0 fully saturated rings. The topological polar surface area (TPSA) is 41.1 Å². The minimum Gasteiger partial charge on any atom is -0.354 e. The Balaban J connectivity index is 2.06. The summed E-state index contributed by atoms with van der Waals surface area (Å²) in [6, 6.07) is 10.2. The zero-order valence-corrected chi connectivity index (χ0v) is 10.3. The first-order valence-electron chi connectivity index (χ1n) is 5.48. The highest BCUT2D eigenvalue weighted by Gasteiger charge is 1.98. The monoisotopic (exact) mass is 238 g/mol. The van der Waals surface area contributed by atoms with Crippen molar-refractivity contribution in [3.8, 4) is 0 Å². The van der Waals surface area contributed by atoms with Crippen LogP contribution in [-0.4, -0.2) is 31.3 Å². The zero-order valence-electron chi connectivity index (χ0n) is 9.53. The highest BCUT2D eigenvalue weighted by atomic mass is 32.2. The molecule has 1 amide bonds. The molecule has 0 heterocycles. The smallest absolute Gasteiger partial charge is 0.233 e. The molecule has 0 unspecified atom stereocenters. The van der Waals surface area contributed by atoms with E-state index in [-0.39, 0.29) is 5.91 Å². The molecule has 0 aliphatic heterocycles. The van der Waals surface area contributed by atoms with E-state index in [2.05, 4.69) is 22.8 Å². The standard InChI is InChI=1S/C12H18N2OS/c1-2-13-10-12(15)14-8-9-16-11-6-4-3-5-7-11/h3-7,13H,2,8-10H2,1H3,(H,14,15). The van der Waals surface area contributed by atoms with Crippen molar-refractivity contribution in [1.29, 1.82) is 0 Å². The van der Waals surface area contributed by atoms with E-state index in [4.69, 9.17) is 0 Å². The van der Waals surface area contributed by atoms with Gasteiger partial charge in [0.1, 0.15) is 0 Å². The highest BCUT2D eigenvalue weighted by molar-refractivity contribution is 7.99. The highest BCUT2D eigenvalue weighted by Crippen LogP contribution is 2.15. The molecule has 0 saturated heterocycles. The van der Waals surface area contributed by atoms with Gasteiger partial charge in [-0.25, -0.2) is 0 Å². The molecule has 0 aromatic heterocycles. The molecule has 0 aliphatic rings. The van der Waals surface area contributed by atoms with Crippen LogP contribution in [0.3, 0.4) is 0 Å². The third kappa shape index (κ3) is 5.78. The van der Waals surface area contributed by atoms with Crippen LogP contribution in [0.2, 0.25) is 0 Å². The van der Waals surface area contributed by atoms with E-state index in [0.29, 0.717) is 13.1 Å². The third-order valence-electron chi connectivity index (χ3n) is 1.97. The molecule has 0 saturated carbocycles. The number of hydrogen-bond acceptors (Lipinski definition) is 3. The number of hydrogen-bond donors (Lipinski definition) is 2. The Labute approximate surface area is 101 Å². The molecule has 0 bridgehead atoms. The fourth-order valence-electron chi connectivity index (χ4n) is 1.18. The molecule has 0 atom stereocenters. The third-order valence-corrected chi connectivity index (χ3v) is 2.99. The molecular weight excluding hydrogens is 220 g/mol. The van der Waals surface area contributed by atoms with Crippen LogP contribution in [0.4, 0.5) is 0 Å². The van der Waals surface area contributed by atoms with Gasteiger partial charge in [-0.2, -0.15) is 0 Å². The van der Waals surface area contributed by atoms with E-state index in [1.165, 1.54) is 4.90 Å². The number of carbonyl (C=O) groups is 1. The fourth-order valence-corrected chi connectivity index (χ4v) is 1.97. The van der Waals surface area contributed by atoms with Crippen molar-refractivity contribution in [2.75, 3.05) is 25.4 Å². The average molecular weight is 238 g/mol. The lowest BCUT2D eigenvalue weighted by molar-refractivity contribution is -0.120. The van der Waals surface area contributed by atoms with Crippen LogP contribution in [0.25, 0.3) is 0 Å². The van der Waals surface area contributed by atoms with Crippen molar-refractivity contribution >= 4 is 17.7 Å². The van der Waals surface area contributed by atoms with Crippen LogP contribution in [0.5, 0.6) is 0 Å². The first-order valence-corrected chi connectivity index (χ1v) is 6.46. The minimum atomic E-state index is 0.0653. The molecule has 3 nitrogen and oxygen atoms in total. The van der Waals surface area contributed by atoms with Crippen LogP contribution in [0.1, 0.15) is 6.92 Å². The second kappa shape index (κ2) is 8.19. The van der Waals surface area contributed by atoms with E-state index in [0.717, 1.165) is 12.3 Å². The number of nitrogens with one attached hydrogen (secondary N) is 2. The lowest BCUT2D eigenvalue weighted by atomic mass is 10.4. The molecule has 2 N–H and O–H groups in total. The average Bonchev–Trinajstić information content (AvgIpc) is 2.33. The van der Waals surface area contributed by atoms with Gasteiger partial charge in [-0.1, -0.05) is 25.1 Å². The van der Waals surface area contributed by atoms with Gasteiger partial charge in [-0.3, -0.25) is 4.79 Å². The first kappa shape index (κ1) is 13.1. The van der Waals surface area contributed by atoms with Gasteiger partial charge < -0.3 is 10.6 Å². The Morgan fingerprint density at radius 2 is 2.06 bits per heavy atom. The summed E-state index contributed by atoms with van der Waals surface area (Å²) in [4.78, 5) is 12.5. The number of carbonyl (C=O) groups excluding carboxylic acids is 1. The van der Waals surface area contributed by atoms with Crippen molar-refractivity contribution < 1.29 is 4.79 Å². The Morgan fingerprint density at radius 3 is 2.75 bits per heavy atom. The van der Waals surface area contributed by atoms with Crippen molar-refractivity contribution in [1.82, 2.24) is 10.6 Å². The van der Waals surface area contributed by atoms with Crippen molar-refractivity contribution in [2.24, 2.45) is 0 Å². The summed E-state index contributed by atoms with van der Waals surface area (Å²) in [5.74, 6) is 0.970. The van der Waals surface area contributed by atoms with E-state index >= 15 is 0 Å². The van der Waals surface area contributed by atoms with Gasteiger partial charge in [0.25, 0.3) is 0 Å².